The van der Waals surface area contributed by atoms with Gasteiger partial charge < -0.3 is 19.4 Å². The maximum absolute atomic E-state index is 12.5. The highest BCUT2D eigenvalue weighted by Crippen LogP contribution is 2.55. The average Bonchev–Trinajstić information content (AvgIpc) is 3.42. The van der Waals surface area contributed by atoms with E-state index in [1.54, 1.807) is 12.1 Å². The predicted molar refractivity (Wildman–Crippen MR) is 111 cm³/mol. The van der Waals surface area contributed by atoms with Gasteiger partial charge >= 0.3 is 12.0 Å². The summed E-state index contributed by atoms with van der Waals surface area (Å²) in [5, 5.41) is 5.36. The summed E-state index contributed by atoms with van der Waals surface area (Å²) in [6, 6.07) is 1.86. The van der Waals surface area contributed by atoms with Gasteiger partial charge in [-0.05, 0) is 81.3 Å². The first-order valence-corrected chi connectivity index (χ1v) is 11.5. The SMILES string of the molecule is O=C(COC(=O)[C@@H]1CCCN1C(=O)c1ccco1)NC(=O)NC12CC3CC(CC(C3)C1)C2. The standard InChI is InChI=1S/C23H29N3O6/c27-19(24-22(30)25-23-10-14-7-15(11-23)9-16(8-14)12-23)13-32-21(29)17-3-1-5-26(17)20(28)18-4-2-6-31-18/h2,4,6,14-17H,1,3,5,7-13H2,(H2,24,25,27,30)/t14?,15?,16?,17-,23?/m0/s1. The second-order valence-electron chi connectivity index (χ2n) is 9.94. The molecule has 9 nitrogen and oxygen atoms in total. The van der Waals surface area contributed by atoms with Crippen molar-refractivity contribution in [1.29, 1.82) is 0 Å². The van der Waals surface area contributed by atoms with Crippen molar-refractivity contribution in [2.24, 2.45) is 17.8 Å². The summed E-state index contributed by atoms with van der Waals surface area (Å²) in [5.74, 6) is 0.475. The number of hydrogen-bond acceptors (Lipinski definition) is 6. The lowest BCUT2D eigenvalue weighted by Crippen LogP contribution is -2.62. The van der Waals surface area contributed by atoms with Crippen molar-refractivity contribution in [1.82, 2.24) is 15.5 Å². The molecule has 1 aromatic heterocycles. The van der Waals surface area contributed by atoms with Gasteiger partial charge in [-0.15, -0.1) is 0 Å². The highest BCUT2D eigenvalue weighted by Gasteiger charge is 2.51. The summed E-state index contributed by atoms with van der Waals surface area (Å²) in [4.78, 5) is 51.1. The third-order valence-corrected chi connectivity index (χ3v) is 7.53. The van der Waals surface area contributed by atoms with Gasteiger partial charge in [-0.3, -0.25) is 14.9 Å². The van der Waals surface area contributed by atoms with Crippen LogP contribution in [0.15, 0.2) is 22.8 Å². The maximum atomic E-state index is 12.5. The van der Waals surface area contributed by atoms with Crippen LogP contribution in [0.3, 0.4) is 0 Å². The molecule has 0 spiro atoms. The summed E-state index contributed by atoms with van der Waals surface area (Å²) in [6.45, 7) is -0.147. The van der Waals surface area contributed by atoms with Crippen LogP contribution in [0, 0.1) is 17.8 Å². The van der Waals surface area contributed by atoms with Crippen molar-refractivity contribution in [3.8, 4) is 0 Å². The molecular formula is C23H29N3O6. The van der Waals surface area contributed by atoms with E-state index in [1.807, 2.05) is 0 Å². The normalized spacial score (nSPS) is 32.6. The molecule has 0 aromatic carbocycles. The van der Waals surface area contributed by atoms with Crippen LogP contribution in [0.2, 0.25) is 0 Å². The molecule has 172 valence electrons. The zero-order chi connectivity index (χ0) is 22.3. The summed E-state index contributed by atoms with van der Waals surface area (Å²) in [7, 11) is 0. The van der Waals surface area contributed by atoms with E-state index in [4.69, 9.17) is 9.15 Å². The van der Waals surface area contributed by atoms with Gasteiger partial charge in [0.05, 0.1) is 6.26 Å². The van der Waals surface area contributed by atoms with Crippen molar-refractivity contribution in [2.75, 3.05) is 13.2 Å². The first-order chi connectivity index (χ1) is 15.4. The molecule has 1 aromatic rings. The van der Waals surface area contributed by atoms with Crippen LogP contribution in [0.25, 0.3) is 0 Å². The number of carbonyl (C=O) groups excluding carboxylic acids is 4. The number of hydrogen-bond donors (Lipinski definition) is 2. The average molecular weight is 444 g/mol. The zero-order valence-electron chi connectivity index (χ0n) is 18.0. The molecule has 9 heteroatoms. The monoisotopic (exact) mass is 443 g/mol. The van der Waals surface area contributed by atoms with Crippen molar-refractivity contribution in [2.45, 2.75) is 62.9 Å². The Bertz CT molecular complexity index is 876. The van der Waals surface area contributed by atoms with Crippen LogP contribution < -0.4 is 10.6 Å². The number of imide groups is 1. The van der Waals surface area contributed by atoms with Gasteiger partial charge in [-0.25, -0.2) is 9.59 Å². The fourth-order valence-electron chi connectivity index (χ4n) is 6.73. The van der Waals surface area contributed by atoms with E-state index < -0.39 is 30.6 Å². The molecule has 6 rings (SSSR count). The number of esters is 1. The number of likely N-dealkylation sites (tertiary alicyclic amines) is 1. The Kier molecular flexibility index (Phi) is 5.43. The lowest BCUT2D eigenvalue weighted by atomic mass is 9.53. The third-order valence-electron chi connectivity index (χ3n) is 7.53. The number of nitrogens with one attached hydrogen (secondary N) is 2. The number of amides is 4. The summed E-state index contributed by atoms with van der Waals surface area (Å²) < 4.78 is 10.3. The van der Waals surface area contributed by atoms with E-state index in [9.17, 15) is 19.2 Å². The van der Waals surface area contributed by atoms with Gasteiger partial charge in [0, 0.05) is 12.1 Å². The Morgan fingerprint density at radius 2 is 1.78 bits per heavy atom. The topological polar surface area (TPSA) is 118 Å². The van der Waals surface area contributed by atoms with Crippen LogP contribution in [0.4, 0.5) is 4.79 Å². The summed E-state index contributed by atoms with van der Waals surface area (Å²) in [6.07, 6.45) is 9.25. The van der Waals surface area contributed by atoms with Gasteiger partial charge in [0.2, 0.25) is 0 Å². The van der Waals surface area contributed by atoms with E-state index in [0.29, 0.717) is 37.1 Å². The first-order valence-electron chi connectivity index (χ1n) is 11.5. The number of urea groups is 1. The Morgan fingerprint density at radius 3 is 2.41 bits per heavy atom. The molecule has 0 radical (unpaired) electrons. The van der Waals surface area contributed by atoms with Gasteiger partial charge in [0.15, 0.2) is 12.4 Å². The van der Waals surface area contributed by atoms with Crippen LogP contribution in [0.1, 0.15) is 61.9 Å². The van der Waals surface area contributed by atoms with Crippen molar-refractivity contribution in [3.05, 3.63) is 24.2 Å². The van der Waals surface area contributed by atoms with E-state index >= 15 is 0 Å². The minimum Gasteiger partial charge on any atom is -0.459 e. The molecule has 4 aliphatic carbocycles. The van der Waals surface area contributed by atoms with E-state index in [0.717, 1.165) is 19.3 Å². The quantitative estimate of drug-likeness (QED) is 0.674. The predicted octanol–water partition coefficient (Wildman–Crippen LogP) is 2.22. The highest BCUT2D eigenvalue weighted by molar-refractivity contribution is 5.97. The summed E-state index contributed by atoms with van der Waals surface area (Å²) in [5.41, 5.74) is -0.202. The Morgan fingerprint density at radius 1 is 1.09 bits per heavy atom. The molecule has 4 bridgehead atoms. The van der Waals surface area contributed by atoms with Gasteiger partial charge in [-0.1, -0.05) is 0 Å². The Labute approximate surface area is 186 Å². The Hall–Kier alpha value is -2.84. The summed E-state index contributed by atoms with van der Waals surface area (Å²) >= 11 is 0. The fourth-order valence-corrected chi connectivity index (χ4v) is 6.73. The van der Waals surface area contributed by atoms with Gasteiger partial charge in [0.1, 0.15) is 6.04 Å². The van der Waals surface area contributed by atoms with Crippen molar-refractivity contribution < 1.29 is 28.3 Å². The minimum absolute atomic E-state index is 0.156. The molecule has 32 heavy (non-hydrogen) atoms. The highest BCUT2D eigenvalue weighted by atomic mass is 16.5. The largest absolute Gasteiger partial charge is 0.459 e. The molecule has 1 saturated heterocycles. The van der Waals surface area contributed by atoms with Crippen molar-refractivity contribution >= 4 is 23.8 Å². The number of furan rings is 1. The molecule has 4 amide bonds. The van der Waals surface area contributed by atoms with Gasteiger partial charge in [-0.2, -0.15) is 0 Å². The molecule has 2 heterocycles. The lowest BCUT2D eigenvalue weighted by Gasteiger charge is -2.56. The second-order valence-corrected chi connectivity index (χ2v) is 9.94. The van der Waals surface area contributed by atoms with Gasteiger partial charge in [0.25, 0.3) is 11.8 Å². The molecular weight excluding hydrogens is 414 g/mol. The van der Waals surface area contributed by atoms with E-state index in [1.165, 1.54) is 30.4 Å². The first kappa shape index (κ1) is 21.0. The fraction of sp³-hybridized carbons (Fsp3) is 0.652. The van der Waals surface area contributed by atoms with Crippen LogP contribution in [-0.2, 0) is 14.3 Å². The number of rotatable bonds is 5. The van der Waals surface area contributed by atoms with Crippen LogP contribution in [-0.4, -0.2) is 53.4 Å². The van der Waals surface area contributed by atoms with E-state index in [2.05, 4.69) is 10.6 Å². The molecule has 0 unspecified atom stereocenters. The number of carbonyl (C=O) groups is 4. The number of nitrogens with zero attached hydrogens (tertiary/aromatic N) is 1. The van der Waals surface area contributed by atoms with Crippen LogP contribution in [0.5, 0.6) is 0 Å². The molecule has 2 N–H and O–H groups in total. The minimum atomic E-state index is -0.763. The third kappa shape index (κ3) is 4.12. The Balaban J connectivity index is 1.10. The molecule has 1 atom stereocenters. The van der Waals surface area contributed by atoms with Crippen LogP contribution >= 0.6 is 0 Å². The zero-order valence-corrected chi connectivity index (χ0v) is 18.0. The molecule has 4 saturated carbocycles. The molecule has 5 aliphatic rings. The lowest BCUT2D eigenvalue weighted by molar-refractivity contribution is -0.152. The molecule has 1 aliphatic heterocycles. The second kappa shape index (κ2) is 8.26. The maximum Gasteiger partial charge on any atom is 0.329 e. The number of ether oxygens (including phenoxy) is 1. The smallest absolute Gasteiger partial charge is 0.329 e. The molecule has 5 fully saturated rings. The van der Waals surface area contributed by atoms with E-state index in [-0.39, 0.29) is 17.2 Å². The van der Waals surface area contributed by atoms with Crippen molar-refractivity contribution in [3.63, 3.8) is 0 Å².